The van der Waals surface area contributed by atoms with Crippen molar-refractivity contribution in [1.82, 2.24) is 9.62 Å². The minimum atomic E-state index is -3.67. The summed E-state index contributed by atoms with van der Waals surface area (Å²) in [5, 5.41) is 3.65. The van der Waals surface area contributed by atoms with Gasteiger partial charge in [0.2, 0.25) is 15.9 Å². The predicted molar refractivity (Wildman–Crippen MR) is 126 cm³/mol. The second-order valence-corrected chi connectivity index (χ2v) is 11.0. The zero-order valence-corrected chi connectivity index (χ0v) is 20.3. The summed E-state index contributed by atoms with van der Waals surface area (Å²) in [7, 11) is -2.05. The van der Waals surface area contributed by atoms with Crippen LogP contribution >= 0.6 is 11.6 Å². The van der Waals surface area contributed by atoms with E-state index in [1.807, 2.05) is 24.3 Å². The van der Waals surface area contributed by atoms with E-state index in [1.165, 1.54) is 16.4 Å². The van der Waals surface area contributed by atoms with Crippen molar-refractivity contribution in [2.75, 3.05) is 20.2 Å². The molecule has 2 aromatic rings. The number of rotatable bonds is 8. The lowest BCUT2D eigenvalue weighted by Crippen LogP contribution is -2.46. The third-order valence-corrected chi connectivity index (χ3v) is 7.88. The van der Waals surface area contributed by atoms with Crippen LogP contribution in [0.15, 0.2) is 53.4 Å². The van der Waals surface area contributed by atoms with Crippen LogP contribution in [-0.2, 0) is 14.8 Å². The Labute approximate surface area is 196 Å². The van der Waals surface area contributed by atoms with E-state index in [1.54, 1.807) is 19.2 Å². The largest absolute Gasteiger partial charge is 0.497 e. The van der Waals surface area contributed by atoms with E-state index in [0.29, 0.717) is 30.3 Å². The maximum absolute atomic E-state index is 13.2. The van der Waals surface area contributed by atoms with Crippen molar-refractivity contribution in [3.05, 3.63) is 59.1 Å². The Bertz CT molecular complexity index is 1010. The summed E-state index contributed by atoms with van der Waals surface area (Å²) in [6, 6.07) is 13.7. The minimum absolute atomic E-state index is 0.109. The molecule has 0 bridgehead atoms. The summed E-state index contributed by atoms with van der Waals surface area (Å²) >= 11 is 5.90. The molecular weight excluding hydrogens is 448 g/mol. The Hall–Kier alpha value is -2.09. The number of ether oxygens (including phenoxy) is 1. The molecule has 1 aliphatic heterocycles. The van der Waals surface area contributed by atoms with Gasteiger partial charge in [-0.3, -0.25) is 4.79 Å². The number of hydrogen-bond acceptors (Lipinski definition) is 4. The standard InChI is InChI=1S/C24H31ClN2O4S/c1-17(2)15-23(18-6-10-21(31-3)11-7-18)26-24(28)19-5-4-14-27(16-19)32(29,30)22-12-8-20(25)9-13-22/h6-13,17,19,23H,4-5,14-16H2,1-3H3,(H,26,28)/t19-,23+/m1/s1. The van der Waals surface area contributed by atoms with Crippen molar-refractivity contribution in [3.8, 4) is 5.75 Å². The van der Waals surface area contributed by atoms with E-state index in [-0.39, 0.29) is 23.4 Å². The number of nitrogens with one attached hydrogen (secondary N) is 1. The van der Waals surface area contributed by atoms with Crippen LogP contribution in [0.2, 0.25) is 5.02 Å². The van der Waals surface area contributed by atoms with Crippen LogP contribution in [0.25, 0.3) is 0 Å². The Kier molecular flexibility index (Phi) is 8.20. The number of hydrogen-bond donors (Lipinski definition) is 1. The number of piperidine rings is 1. The number of halogens is 1. The van der Waals surface area contributed by atoms with Gasteiger partial charge in [-0.15, -0.1) is 0 Å². The highest BCUT2D eigenvalue weighted by Crippen LogP contribution is 2.27. The van der Waals surface area contributed by atoms with Crippen LogP contribution in [0.1, 0.15) is 44.7 Å². The Morgan fingerprint density at radius 3 is 2.41 bits per heavy atom. The molecule has 1 N–H and O–H groups in total. The molecule has 1 fully saturated rings. The first kappa shape index (κ1) is 24.6. The van der Waals surface area contributed by atoms with Crippen LogP contribution in [0, 0.1) is 11.8 Å². The summed E-state index contributed by atoms with van der Waals surface area (Å²) in [5.41, 5.74) is 1.01. The van der Waals surface area contributed by atoms with E-state index < -0.39 is 15.9 Å². The SMILES string of the molecule is COc1ccc([C@H](CC(C)C)NC(=O)[C@@H]2CCCN(S(=O)(=O)c3ccc(Cl)cc3)C2)cc1. The van der Waals surface area contributed by atoms with Gasteiger partial charge in [0.25, 0.3) is 0 Å². The molecule has 1 aliphatic rings. The number of methoxy groups -OCH3 is 1. The zero-order valence-electron chi connectivity index (χ0n) is 18.8. The molecule has 0 spiro atoms. The number of benzene rings is 2. The van der Waals surface area contributed by atoms with Crippen LogP contribution in [-0.4, -0.2) is 38.8 Å². The molecule has 6 nitrogen and oxygen atoms in total. The third kappa shape index (κ3) is 6.03. The molecule has 1 heterocycles. The summed E-state index contributed by atoms with van der Waals surface area (Å²) < 4.78 is 32.8. The maximum atomic E-state index is 13.2. The van der Waals surface area contributed by atoms with Gasteiger partial charge in [-0.25, -0.2) is 8.42 Å². The first-order chi connectivity index (χ1) is 15.2. The van der Waals surface area contributed by atoms with Gasteiger partial charge in [-0.2, -0.15) is 4.31 Å². The molecule has 1 amide bonds. The number of nitrogens with zero attached hydrogens (tertiary/aromatic N) is 1. The van der Waals surface area contributed by atoms with Gasteiger partial charge in [0.1, 0.15) is 5.75 Å². The second-order valence-electron chi connectivity index (χ2n) is 8.62. The van der Waals surface area contributed by atoms with Crippen molar-refractivity contribution >= 4 is 27.5 Å². The minimum Gasteiger partial charge on any atom is -0.497 e. The van der Waals surface area contributed by atoms with E-state index >= 15 is 0 Å². The highest BCUT2D eigenvalue weighted by molar-refractivity contribution is 7.89. The van der Waals surface area contributed by atoms with Crippen LogP contribution in [0.4, 0.5) is 0 Å². The summed E-state index contributed by atoms with van der Waals surface area (Å²) in [5.74, 6) is 0.649. The second kappa shape index (κ2) is 10.7. The topological polar surface area (TPSA) is 75.7 Å². The molecule has 0 radical (unpaired) electrons. The van der Waals surface area contributed by atoms with Crippen molar-refractivity contribution < 1.29 is 17.9 Å². The Morgan fingerprint density at radius 2 is 1.81 bits per heavy atom. The smallest absolute Gasteiger partial charge is 0.243 e. The molecular formula is C24H31ClN2O4S. The number of sulfonamides is 1. The fraction of sp³-hybridized carbons (Fsp3) is 0.458. The average Bonchev–Trinajstić information content (AvgIpc) is 2.78. The lowest BCUT2D eigenvalue weighted by molar-refractivity contribution is -0.127. The van der Waals surface area contributed by atoms with E-state index in [0.717, 1.165) is 17.7 Å². The van der Waals surface area contributed by atoms with Crippen LogP contribution < -0.4 is 10.1 Å². The fourth-order valence-electron chi connectivity index (χ4n) is 4.01. The monoisotopic (exact) mass is 478 g/mol. The predicted octanol–water partition coefficient (Wildman–Crippen LogP) is 4.65. The van der Waals surface area contributed by atoms with E-state index in [2.05, 4.69) is 19.2 Å². The molecule has 0 saturated carbocycles. The fourth-order valence-corrected chi connectivity index (χ4v) is 5.66. The molecule has 32 heavy (non-hydrogen) atoms. The molecule has 0 aromatic heterocycles. The summed E-state index contributed by atoms with van der Waals surface area (Å²) in [6.07, 6.45) is 2.09. The average molecular weight is 479 g/mol. The van der Waals surface area contributed by atoms with Crippen molar-refractivity contribution in [1.29, 1.82) is 0 Å². The lowest BCUT2D eigenvalue weighted by Gasteiger charge is -2.32. The highest BCUT2D eigenvalue weighted by atomic mass is 35.5. The number of carbonyl (C=O) groups excluding carboxylic acids is 1. The quantitative estimate of drug-likeness (QED) is 0.599. The van der Waals surface area contributed by atoms with Gasteiger partial charge < -0.3 is 10.1 Å². The van der Waals surface area contributed by atoms with Crippen LogP contribution in [0.3, 0.4) is 0 Å². The van der Waals surface area contributed by atoms with Gasteiger partial charge in [-0.05, 0) is 67.1 Å². The molecule has 1 saturated heterocycles. The number of carbonyl (C=O) groups is 1. The highest BCUT2D eigenvalue weighted by Gasteiger charge is 2.34. The molecule has 3 rings (SSSR count). The first-order valence-electron chi connectivity index (χ1n) is 10.9. The maximum Gasteiger partial charge on any atom is 0.243 e. The van der Waals surface area contributed by atoms with Gasteiger partial charge in [-0.1, -0.05) is 37.6 Å². The summed E-state index contributed by atoms with van der Waals surface area (Å²) in [6.45, 7) is 4.81. The van der Waals surface area contributed by atoms with Gasteiger partial charge >= 0.3 is 0 Å². The van der Waals surface area contributed by atoms with E-state index in [9.17, 15) is 13.2 Å². The van der Waals surface area contributed by atoms with Crippen molar-refractivity contribution in [2.24, 2.45) is 11.8 Å². The van der Waals surface area contributed by atoms with Crippen molar-refractivity contribution in [3.63, 3.8) is 0 Å². The van der Waals surface area contributed by atoms with Crippen molar-refractivity contribution in [2.45, 2.75) is 44.0 Å². The first-order valence-corrected chi connectivity index (χ1v) is 12.7. The van der Waals surface area contributed by atoms with Gasteiger partial charge in [0.15, 0.2) is 0 Å². The van der Waals surface area contributed by atoms with E-state index in [4.69, 9.17) is 16.3 Å². The molecule has 0 aliphatic carbocycles. The van der Waals surface area contributed by atoms with Gasteiger partial charge in [0.05, 0.1) is 24.0 Å². The lowest BCUT2D eigenvalue weighted by atomic mass is 9.94. The van der Waals surface area contributed by atoms with Gasteiger partial charge in [0, 0.05) is 18.1 Å². The Morgan fingerprint density at radius 1 is 1.16 bits per heavy atom. The van der Waals surface area contributed by atoms with Crippen LogP contribution in [0.5, 0.6) is 5.75 Å². The molecule has 2 atom stereocenters. The normalized spacial score (nSPS) is 18.3. The molecule has 0 unspecified atom stereocenters. The Balaban J connectivity index is 1.72. The summed E-state index contributed by atoms with van der Waals surface area (Å²) in [4.78, 5) is 13.4. The molecule has 174 valence electrons. The molecule has 2 aromatic carbocycles. The molecule has 8 heteroatoms. The third-order valence-electron chi connectivity index (χ3n) is 5.75. The zero-order chi connectivity index (χ0) is 23.3. The number of amides is 1.